The number of carbonyl (C=O) groups excluding carboxylic acids is 4. The van der Waals surface area contributed by atoms with Gasteiger partial charge in [-0.2, -0.15) is 0 Å². The molecule has 0 aromatic heterocycles. The van der Waals surface area contributed by atoms with Crippen molar-refractivity contribution in [1.29, 1.82) is 0 Å². The molecule has 0 aliphatic rings. The van der Waals surface area contributed by atoms with E-state index < -0.39 is 97.5 Å². The Morgan fingerprint density at radius 2 is 0.420 bits per heavy atom. The molecular formula is C81H158O17P2. The molecule has 17 nitrogen and oxygen atoms in total. The van der Waals surface area contributed by atoms with Crippen molar-refractivity contribution in [3.63, 3.8) is 0 Å². The fraction of sp³-hybridized carbons (Fsp3) is 0.951. The Morgan fingerprint density at radius 3 is 0.620 bits per heavy atom. The van der Waals surface area contributed by atoms with E-state index >= 15 is 0 Å². The second-order valence-corrected chi connectivity index (χ2v) is 34.0. The molecule has 0 spiro atoms. The van der Waals surface area contributed by atoms with Crippen molar-refractivity contribution in [2.24, 2.45) is 23.7 Å². The monoisotopic (exact) mass is 1470 g/mol. The Bertz CT molecular complexity index is 1950. The SMILES string of the molecule is CC(C)CCCCCCCCCCCCCCCCCCCCC(=O)OC[C@H](COP(=O)(O)OC[C@@H](O)COP(=O)(O)OC[C@@H](COC(=O)CCCCCCCCC(C)C)OC(=O)CCCCCCCCCCCCC(C)C)OC(=O)CCCCCCCCCCCCCCCCC(C)C. The van der Waals surface area contributed by atoms with Gasteiger partial charge < -0.3 is 33.8 Å². The summed E-state index contributed by atoms with van der Waals surface area (Å²) in [4.78, 5) is 72.9. The molecule has 0 fully saturated rings. The predicted octanol–water partition coefficient (Wildman–Crippen LogP) is 24.0. The van der Waals surface area contributed by atoms with Gasteiger partial charge in [0.25, 0.3) is 0 Å². The van der Waals surface area contributed by atoms with E-state index in [2.05, 4.69) is 55.4 Å². The van der Waals surface area contributed by atoms with E-state index in [1.54, 1.807) is 0 Å². The zero-order valence-electron chi connectivity index (χ0n) is 65.8. The number of ether oxygens (including phenoxy) is 4. The van der Waals surface area contributed by atoms with E-state index in [9.17, 15) is 43.2 Å². The summed E-state index contributed by atoms with van der Waals surface area (Å²) in [6.07, 6.45) is 57.2. The topological polar surface area (TPSA) is 237 Å². The van der Waals surface area contributed by atoms with Crippen molar-refractivity contribution in [2.75, 3.05) is 39.6 Å². The largest absolute Gasteiger partial charge is 0.472 e. The molecule has 0 rings (SSSR count). The molecule has 0 saturated carbocycles. The molecule has 5 atom stereocenters. The maximum absolute atomic E-state index is 13.1. The summed E-state index contributed by atoms with van der Waals surface area (Å²) in [5.74, 6) is 0.933. The zero-order valence-corrected chi connectivity index (χ0v) is 67.6. The van der Waals surface area contributed by atoms with Crippen LogP contribution in [0, 0.1) is 23.7 Å². The number of unbranched alkanes of at least 4 members (excludes halogenated alkanes) is 44. The fourth-order valence-electron chi connectivity index (χ4n) is 12.4. The standard InChI is InChI=1S/C81H158O17P2/c1-71(2)57-49-41-33-27-21-17-13-11-9-10-12-14-19-23-30-36-45-53-61-78(83)91-67-76(97-80(85)63-55-47-37-31-24-20-16-15-18-22-28-34-42-50-58-72(3)4)69-95-99(87,88)93-65-75(82)66-94-100(89,90)96-70-77(68-92-79(84)62-54-46-40-39-44-52-60-74(7)8)98-81(86)64-56-48-38-32-26-25-29-35-43-51-59-73(5)6/h71-77,82H,9-70H2,1-8H3,(H,87,88)(H,89,90)/t75-,76-,77-/m1/s1. The first-order chi connectivity index (χ1) is 48.1. The molecule has 0 aromatic rings. The highest BCUT2D eigenvalue weighted by Crippen LogP contribution is 2.45. The lowest BCUT2D eigenvalue weighted by molar-refractivity contribution is -0.161. The zero-order chi connectivity index (χ0) is 73.8. The van der Waals surface area contributed by atoms with Crippen molar-refractivity contribution in [3.8, 4) is 0 Å². The number of hydrogen-bond acceptors (Lipinski definition) is 15. The van der Waals surface area contributed by atoms with Gasteiger partial charge in [-0.15, -0.1) is 0 Å². The summed E-state index contributed by atoms with van der Waals surface area (Å²) in [6.45, 7) is 14.2. The Balaban J connectivity index is 5.20. The molecule has 0 aliphatic heterocycles. The Morgan fingerprint density at radius 1 is 0.250 bits per heavy atom. The second-order valence-electron chi connectivity index (χ2n) is 31.1. The number of phosphoric ester groups is 2. The lowest BCUT2D eigenvalue weighted by Crippen LogP contribution is -2.30. The van der Waals surface area contributed by atoms with Crippen LogP contribution in [0.3, 0.4) is 0 Å². The number of aliphatic hydroxyl groups excluding tert-OH is 1. The molecule has 0 heterocycles. The maximum Gasteiger partial charge on any atom is 0.472 e. The molecular weight excluding hydrogens is 1310 g/mol. The minimum Gasteiger partial charge on any atom is -0.462 e. The number of esters is 4. The molecule has 3 N–H and O–H groups in total. The Kier molecular flexibility index (Phi) is 68.7. The number of rotatable bonds is 78. The highest BCUT2D eigenvalue weighted by molar-refractivity contribution is 7.47. The molecule has 100 heavy (non-hydrogen) atoms. The summed E-state index contributed by atoms with van der Waals surface area (Å²) in [5, 5.41) is 10.6. The van der Waals surface area contributed by atoms with Crippen LogP contribution >= 0.6 is 15.6 Å². The molecule has 0 saturated heterocycles. The third kappa shape index (κ3) is 74.3. The van der Waals surface area contributed by atoms with Gasteiger partial charge in [0, 0.05) is 25.7 Å². The van der Waals surface area contributed by atoms with Gasteiger partial charge in [0.05, 0.1) is 26.4 Å². The van der Waals surface area contributed by atoms with E-state index in [0.29, 0.717) is 31.6 Å². The van der Waals surface area contributed by atoms with Crippen LogP contribution in [-0.2, 0) is 65.4 Å². The fourth-order valence-corrected chi connectivity index (χ4v) is 14.0. The molecule has 0 aromatic carbocycles. The summed E-state index contributed by atoms with van der Waals surface area (Å²) in [5.41, 5.74) is 0. The second kappa shape index (κ2) is 70.1. The van der Waals surface area contributed by atoms with E-state index in [4.69, 9.17) is 37.0 Å². The summed E-state index contributed by atoms with van der Waals surface area (Å²) < 4.78 is 68.6. The van der Waals surface area contributed by atoms with Crippen molar-refractivity contribution in [3.05, 3.63) is 0 Å². The minimum absolute atomic E-state index is 0.105. The van der Waals surface area contributed by atoms with Crippen LogP contribution in [-0.4, -0.2) is 96.7 Å². The van der Waals surface area contributed by atoms with Crippen molar-refractivity contribution >= 4 is 39.5 Å². The number of carbonyl (C=O) groups is 4. The molecule has 2 unspecified atom stereocenters. The molecule has 0 radical (unpaired) electrons. The number of phosphoric acid groups is 2. The van der Waals surface area contributed by atoms with Gasteiger partial charge in [-0.05, 0) is 49.4 Å². The average molecular weight is 1470 g/mol. The van der Waals surface area contributed by atoms with Gasteiger partial charge >= 0.3 is 39.5 Å². The minimum atomic E-state index is -4.96. The first-order valence-corrected chi connectivity index (χ1v) is 44.7. The predicted molar refractivity (Wildman–Crippen MR) is 409 cm³/mol. The van der Waals surface area contributed by atoms with E-state index in [1.165, 1.54) is 212 Å². The molecule has 0 aliphatic carbocycles. The van der Waals surface area contributed by atoms with Gasteiger partial charge in [0.2, 0.25) is 0 Å². The van der Waals surface area contributed by atoms with Gasteiger partial charge in [0.1, 0.15) is 19.3 Å². The normalized spacial score (nSPS) is 14.0. The summed E-state index contributed by atoms with van der Waals surface area (Å²) in [6, 6.07) is 0. The van der Waals surface area contributed by atoms with Crippen LogP contribution in [0.5, 0.6) is 0 Å². The summed E-state index contributed by atoms with van der Waals surface area (Å²) in [7, 11) is -9.92. The number of hydrogen-bond donors (Lipinski definition) is 3. The first-order valence-electron chi connectivity index (χ1n) is 41.7. The average Bonchev–Trinajstić information content (AvgIpc) is 0.999. The first kappa shape index (κ1) is 98.1. The number of aliphatic hydroxyl groups is 1. The Labute approximate surface area is 613 Å². The molecule has 594 valence electrons. The molecule has 0 amide bonds. The summed E-state index contributed by atoms with van der Waals surface area (Å²) >= 11 is 0. The molecule has 0 bridgehead atoms. The molecule has 19 heteroatoms. The smallest absolute Gasteiger partial charge is 0.462 e. The van der Waals surface area contributed by atoms with Gasteiger partial charge in [-0.1, -0.05) is 364 Å². The van der Waals surface area contributed by atoms with Crippen LogP contribution in [0.1, 0.15) is 415 Å². The lowest BCUT2D eigenvalue weighted by Gasteiger charge is -2.21. The van der Waals surface area contributed by atoms with E-state index in [-0.39, 0.29) is 25.7 Å². The van der Waals surface area contributed by atoms with Gasteiger partial charge in [-0.3, -0.25) is 37.3 Å². The van der Waals surface area contributed by atoms with Crippen molar-refractivity contribution < 1.29 is 80.2 Å². The van der Waals surface area contributed by atoms with E-state index in [0.717, 1.165) is 114 Å². The highest BCUT2D eigenvalue weighted by Gasteiger charge is 2.30. The van der Waals surface area contributed by atoms with Crippen LogP contribution in [0.2, 0.25) is 0 Å². The quantitative estimate of drug-likeness (QED) is 0.0222. The van der Waals surface area contributed by atoms with Crippen LogP contribution < -0.4 is 0 Å². The van der Waals surface area contributed by atoms with Gasteiger partial charge in [0.15, 0.2) is 12.2 Å². The third-order valence-electron chi connectivity index (χ3n) is 18.8. The van der Waals surface area contributed by atoms with Crippen molar-refractivity contribution in [1.82, 2.24) is 0 Å². The van der Waals surface area contributed by atoms with Crippen LogP contribution in [0.4, 0.5) is 0 Å². The highest BCUT2D eigenvalue weighted by atomic mass is 31.2. The Hall–Kier alpha value is -1.94. The maximum atomic E-state index is 13.1. The van der Waals surface area contributed by atoms with E-state index in [1.807, 2.05) is 0 Å². The van der Waals surface area contributed by atoms with Crippen LogP contribution in [0.25, 0.3) is 0 Å². The third-order valence-corrected chi connectivity index (χ3v) is 20.7. The van der Waals surface area contributed by atoms with Gasteiger partial charge in [-0.25, -0.2) is 9.13 Å². The lowest BCUT2D eigenvalue weighted by atomic mass is 10.0. The van der Waals surface area contributed by atoms with Crippen molar-refractivity contribution in [2.45, 2.75) is 433 Å². The van der Waals surface area contributed by atoms with Crippen LogP contribution in [0.15, 0.2) is 0 Å².